The van der Waals surface area contributed by atoms with Crippen LogP contribution >= 0.6 is 11.6 Å². The summed E-state index contributed by atoms with van der Waals surface area (Å²) < 4.78 is 0. The number of amides is 1. The number of benzene rings is 1. The molecule has 2 aromatic rings. The minimum atomic E-state index is 0.232. The van der Waals surface area contributed by atoms with Crippen molar-refractivity contribution in [3.8, 4) is 0 Å². The van der Waals surface area contributed by atoms with Crippen molar-refractivity contribution in [2.75, 3.05) is 43.4 Å². The lowest BCUT2D eigenvalue weighted by molar-refractivity contribution is -0.131. The zero-order chi connectivity index (χ0) is 18.4. The van der Waals surface area contributed by atoms with Crippen molar-refractivity contribution >= 4 is 29.0 Å². The lowest BCUT2D eigenvalue weighted by Gasteiger charge is -2.36. The number of rotatable bonds is 6. The summed E-state index contributed by atoms with van der Waals surface area (Å²) in [7, 11) is 1.81. The van der Waals surface area contributed by atoms with Gasteiger partial charge in [0, 0.05) is 39.6 Å². The second-order valence-corrected chi connectivity index (χ2v) is 6.68. The van der Waals surface area contributed by atoms with Crippen molar-refractivity contribution in [3.05, 3.63) is 47.4 Å². The molecule has 0 aliphatic carbocycles. The third-order valence-electron chi connectivity index (χ3n) is 4.66. The first-order valence-corrected chi connectivity index (χ1v) is 9.31. The fourth-order valence-corrected chi connectivity index (χ4v) is 3.45. The predicted molar refractivity (Wildman–Crippen MR) is 105 cm³/mol. The fraction of sp³-hybridized carbons (Fsp3) is 0.421. The Morgan fingerprint density at radius 2 is 1.88 bits per heavy atom. The fourth-order valence-electron chi connectivity index (χ4n) is 3.22. The second kappa shape index (κ2) is 8.85. The van der Waals surface area contributed by atoms with Crippen LogP contribution in [0.3, 0.4) is 0 Å². The van der Waals surface area contributed by atoms with E-state index in [1.807, 2.05) is 23.1 Å². The second-order valence-electron chi connectivity index (χ2n) is 6.32. The van der Waals surface area contributed by atoms with Gasteiger partial charge in [-0.15, -0.1) is 0 Å². The SMILES string of the molecule is CNc1c(Cl)ncnc1N1CCN(C(=O)CCCc2ccccc2)CC1. The highest BCUT2D eigenvalue weighted by Crippen LogP contribution is 2.29. The Balaban J connectivity index is 1.49. The van der Waals surface area contributed by atoms with Crippen LogP contribution in [0.25, 0.3) is 0 Å². The monoisotopic (exact) mass is 373 g/mol. The number of carbonyl (C=O) groups is 1. The summed E-state index contributed by atoms with van der Waals surface area (Å²) >= 11 is 6.13. The van der Waals surface area contributed by atoms with Gasteiger partial charge in [-0.1, -0.05) is 41.9 Å². The maximum absolute atomic E-state index is 12.5. The van der Waals surface area contributed by atoms with E-state index in [1.165, 1.54) is 11.9 Å². The molecular formula is C19H24ClN5O. The van der Waals surface area contributed by atoms with Crippen LogP contribution in [0, 0.1) is 0 Å². The maximum atomic E-state index is 12.5. The smallest absolute Gasteiger partial charge is 0.222 e. The van der Waals surface area contributed by atoms with Crippen LogP contribution < -0.4 is 10.2 Å². The first-order chi connectivity index (χ1) is 12.7. The van der Waals surface area contributed by atoms with E-state index in [0.29, 0.717) is 24.7 Å². The van der Waals surface area contributed by atoms with Gasteiger partial charge in [0.1, 0.15) is 12.0 Å². The molecule has 0 spiro atoms. The molecule has 0 atom stereocenters. The zero-order valence-electron chi connectivity index (χ0n) is 15.0. The molecule has 1 fully saturated rings. The minimum Gasteiger partial charge on any atom is -0.383 e. The van der Waals surface area contributed by atoms with Crippen molar-refractivity contribution < 1.29 is 4.79 Å². The van der Waals surface area contributed by atoms with Gasteiger partial charge in [-0.25, -0.2) is 9.97 Å². The standard InChI is InChI=1S/C19H24ClN5O/c1-21-17-18(20)22-14-23-19(17)25-12-10-24(11-13-25)16(26)9-5-8-15-6-3-2-4-7-15/h2-4,6-7,14,21H,5,8-13H2,1H3. The predicted octanol–water partition coefficient (Wildman–Crippen LogP) is 2.84. The van der Waals surface area contributed by atoms with E-state index in [-0.39, 0.29) is 5.91 Å². The maximum Gasteiger partial charge on any atom is 0.222 e. The number of hydrogen-bond acceptors (Lipinski definition) is 5. The molecule has 0 saturated carbocycles. The molecule has 0 unspecified atom stereocenters. The number of nitrogens with zero attached hydrogens (tertiary/aromatic N) is 4. The van der Waals surface area contributed by atoms with Gasteiger partial charge in [-0.05, 0) is 18.4 Å². The van der Waals surface area contributed by atoms with Crippen molar-refractivity contribution in [2.45, 2.75) is 19.3 Å². The van der Waals surface area contributed by atoms with Gasteiger partial charge in [-0.2, -0.15) is 0 Å². The van der Waals surface area contributed by atoms with E-state index in [4.69, 9.17) is 11.6 Å². The van der Waals surface area contributed by atoms with Crippen LogP contribution in [0.2, 0.25) is 5.15 Å². The van der Waals surface area contributed by atoms with E-state index in [0.717, 1.165) is 37.4 Å². The number of piperazine rings is 1. The van der Waals surface area contributed by atoms with Crippen molar-refractivity contribution in [3.63, 3.8) is 0 Å². The molecule has 138 valence electrons. The van der Waals surface area contributed by atoms with Gasteiger partial charge in [0.05, 0.1) is 0 Å². The van der Waals surface area contributed by atoms with Gasteiger partial charge in [0.25, 0.3) is 0 Å². The number of nitrogens with one attached hydrogen (secondary N) is 1. The first-order valence-electron chi connectivity index (χ1n) is 8.94. The molecule has 3 rings (SSSR count). The molecule has 7 heteroatoms. The van der Waals surface area contributed by atoms with E-state index in [1.54, 1.807) is 7.05 Å². The Hall–Kier alpha value is -2.34. The first kappa shape index (κ1) is 18.5. The Morgan fingerprint density at radius 3 is 2.58 bits per heavy atom. The highest BCUT2D eigenvalue weighted by atomic mass is 35.5. The summed E-state index contributed by atoms with van der Waals surface area (Å²) in [6, 6.07) is 10.3. The molecule has 1 aliphatic heterocycles. The average Bonchev–Trinajstić information content (AvgIpc) is 2.68. The molecule has 1 aromatic heterocycles. The van der Waals surface area contributed by atoms with Crippen LogP contribution in [0.1, 0.15) is 18.4 Å². The molecule has 1 amide bonds. The van der Waals surface area contributed by atoms with Gasteiger partial charge in [0.2, 0.25) is 5.91 Å². The van der Waals surface area contributed by atoms with E-state index >= 15 is 0 Å². The quantitative estimate of drug-likeness (QED) is 0.789. The Bertz CT molecular complexity index is 732. The van der Waals surface area contributed by atoms with E-state index < -0.39 is 0 Å². The number of aryl methyl sites for hydroxylation is 1. The molecule has 6 nitrogen and oxygen atoms in total. The van der Waals surface area contributed by atoms with Crippen molar-refractivity contribution in [1.82, 2.24) is 14.9 Å². The highest BCUT2D eigenvalue weighted by molar-refractivity contribution is 6.32. The van der Waals surface area contributed by atoms with Gasteiger partial charge in [0.15, 0.2) is 11.0 Å². The average molecular weight is 374 g/mol. The summed E-state index contributed by atoms with van der Waals surface area (Å²) in [4.78, 5) is 24.9. The third kappa shape index (κ3) is 4.43. The summed E-state index contributed by atoms with van der Waals surface area (Å²) in [5, 5.41) is 3.47. The van der Waals surface area contributed by atoms with Crippen LogP contribution in [-0.4, -0.2) is 54.0 Å². The Morgan fingerprint density at radius 1 is 1.15 bits per heavy atom. The summed E-state index contributed by atoms with van der Waals surface area (Å²) in [5.41, 5.74) is 2.02. The summed E-state index contributed by atoms with van der Waals surface area (Å²) in [6.45, 7) is 2.89. The molecule has 26 heavy (non-hydrogen) atoms. The van der Waals surface area contributed by atoms with E-state index in [2.05, 4.69) is 32.3 Å². The van der Waals surface area contributed by atoms with E-state index in [9.17, 15) is 4.79 Å². The molecule has 1 aromatic carbocycles. The van der Waals surface area contributed by atoms with Crippen molar-refractivity contribution in [2.24, 2.45) is 0 Å². The topological polar surface area (TPSA) is 61.4 Å². The number of aromatic nitrogens is 2. The van der Waals surface area contributed by atoms with Gasteiger partial charge >= 0.3 is 0 Å². The molecule has 0 bridgehead atoms. The molecule has 1 saturated heterocycles. The molecule has 2 heterocycles. The summed E-state index contributed by atoms with van der Waals surface area (Å²) in [6.07, 6.45) is 3.89. The molecule has 0 radical (unpaired) electrons. The van der Waals surface area contributed by atoms with Crippen LogP contribution in [0.15, 0.2) is 36.7 Å². The number of halogens is 1. The molecule has 1 aliphatic rings. The minimum absolute atomic E-state index is 0.232. The number of hydrogen-bond donors (Lipinski definition) is 1. The molecule has 1 N–H and O–H groups in total. The van der Waals surface area contributed by atoms with Gasteiger partial charge < -0.3 is 15.1 Å². The normalized spacial score (nSPS) is 14.4. The van der Waals surface area contributed by atoms with Crippen LogP contribution in [0.5, 0.6) is 0 Å². The van der Waals surface area contributed by atoms with Crippen LogP contribution in [-0.2, 0) is 11.2 Å². The Labute approximate surface area is 159 Å². The zero-order valence-corrected chi connectivity index (χ0v) is 15.7. The van der Waals surface area contributed by atoms with Crippen molar-refractivity contribution in [1.29, 1.82) is 0 Å². The largest absolute Gasteiger partial charge is 0.383 e. The molecular weight excluding hydrogens is 350 g/mol. The number of carbonyl (C=O) groups excluding carboxylic acids is 1. The Kier molecular flexibility index (Phi) is 6.28. The van der Waals surface area contributed by atoms with Gasteiger partial charge in [-0.3, -0.25) is 4.79 Å². The van der Waals surface area contributed by atoms with Crippen LogP contribution in [0.4, 0.5) is 11.5 Å². The number of anilines is 2. The third-order valence-corrected chi connectivity index (χ3v) is 4.95. The highest BCUT2D eigenvalue weighted by Gasteiger charge is 2.24. The lowest BCUT2D eigenvalue weighted by atomic mass is 10.1. The lowest BCUT2D eigenvalue weighted by Crippen LogP contribution is -2.49. The summed E-state index contributed by atoms with van der Waals surface area (Å²) in [5.74, 6) is 1.03.